The van der Waals surface area contributed by atoms with Crippen molar-refractivity contribution < 1.29 is 26.4 Å². The topological polar surface area (TPSA) is 66.5 Å². The van der Waals surface area contributed by atoms with Gasteiger partial charge >= 0.3 is 16.4 Å². The summed E-state index contributed by atoms with van der Waals surface area (Å²) in [5, 5.41) is 0. The third-order valence-electron chi connectivity index (χ3n) is 4.68. The summed E-state index contributed by atoms with van der Waals surface area (Å²) < 4.78 is 66.9. The Morgan fingerprint density at radius 1 is 1.12 bits per heavy atom. The zero-order chi connectivity index (χ0) is 18.2. The molecule has 2 atom stereocenters. The van der Waals surface area contributed by atoms with Crippen LogP contribution < -0.4 is 4.72 Å². The van der Waals surface area contributed by atoms with Crippen molar-refractivity contribution >= 4 is 16.1 Å². The van der Waals surface area contributed by atoms with Crippen molar-refractivity contribution in [1.29, 1.82) is 0 Å². The first-order chi connectivity index (χ1) is 11.7. The Balaban J connectivity index is 1.69. The van der Waals surface area contributed by atoms with Crippen molar-refractivity contribution in [2.24, 2.45) is 5.92 Å². The van der Waals surface area contributed by atoms with Crippen LogP contribution in [0.3, 0.4) is 0 Å². The van der Waals surface area contributed by atoms with Crippen LogP contribution in [0.5, 0.6) is 0 Å². The first-order valence-corrected chi connectivity index (χ1v) is 9.62. The van der Waals surface area contributed by atoms with E-state index < -0.39 is 39.7 Å². The molecule has 1 aliphatic heterocycles. The summed E-state index contributed by atoms with van der Waals surface area (Å²) in [6.07, 6.45) is -1.87. The maximum absolute atomic E-state index is 13.1. The van der Waals surface area contributed by atoms with E-state index >= 15 is 0 Å². The number of amides is 1. The molecule has 9 heteroatoms. The van der Waals surface area contributed by atoms with Gasteiger partial charge in [-0.05, 0) is 36.8 Å². The Morgan fingerprint density at radius 3 is 2.40 bits per heavy atom. The number of rotatable bonds is 4. The summed E-state index contributed by atoms with van der Waals surface area (Å²) in [4.78, 5) is 12.2. The number of piperidine rings is 1. The third-order valence-corrected chi connectivity index (χ3v) is 6.18. The predicted molar refractivity (Wildman–Crippen MR) is 84.8 cm³/mol. The first-order valence-electron chi connectivity index (χ1n) is 8.18. The molecule has 25 heavy (non-hydrogen) atoms. The lowest BCUT2D eigenvalue weighted by Gasteiger charge is -2.25. The molecular weight excluding hydrogens is 357 g/mol. The van der Waals surface area contributed by atoms with Crippen LogP contribution in [0.25, 0.3) is 0 Å². The van der Waals surface area contributed by atoms with Gasteiger partial charge in [0.15, 0.2) is 0 Å². The molecule has 3 rings (SSSR count). The van der Waals surface area contributed by atoms with E-state index in [1.54, 1.807) is 0 Å². The second-order valence-electron chi connectivity index (χ2n) is 6.46. The fourth-order valence-corrected chi connectivity index (χ4v) is 4.55. The van der Waals surface area contributed by atoms with E-state index in [9.17, 15) is 26.4 Å². The highest BCUT2D eigenvalue weighted by atomic mass is 32.2. The normalized spacial score (nSPS) is 24.8. The van der Waals surface area contributed by atoms with Crippen molar-refractivity contribution in [2.45, 2.75) is 37.8 Å². The Kier molecular flexibility index (Phi) is 4.80. The maximum atomic E-state index is 13.1. The largest absolute Gasteiger partial charge is 0.416 e. The molecule has 1 saturated carbocycles. The molecule has 1 aliphatic carbocycles. The summed E-state index contributed by atoms with van der Waals surface area (Å²) in [7, 11) is -3.92. The fraction of sp³-hybridized carbons (Fsp3) is 0.562. The van der Waals surface area contributed by atoms with Gasteiger partial charge in [0.25, 0.3) is 0 Å². The van der Waals surface area contributed by atoms with Gasteiger partial charge in [-0.25, -0.2) is 4.72 Å². The van der Waals surface area contributed by atoms with E-state index in [-0.39, 0.29) is 12.0 Å². The second kappa shape index (κ2) is 6.60. The minimum atomic E-state index is -4.50. The molecule has 0 bridgehead atoms. The number of nitrogens with one attached hydrogen (secondary N) is 1. The van der Waals surface area contributed by atoms with Crippen molar-refractivity contribution in [3.8, 4) is 0 Å². The Morgan fingerprint density at radius 2 is 1.76 bits per heavy atom. The highest BCUT2D eigenvalue weighted by Gasteiger charge is 2.48. The van der Waals surface area contributed by atoms with Crippen molar-refractivity contribution in [2.75, 3.05) is 13.1 Å². The number of halogens is 3. The Bertz CT molecular complexity index is 758. The van der Waals surface area contributed by atoms with Crippen molar-refractivity contribution in [3.05, 3.63) is 35.4 Å². The van der Waals surface area contributed by atoms with Gasteiger partial charge in [0, 0.05) is 19.0 Å². The number of alkyl halides is 3. The van der Waals surface area contributed by atoms with Crippen LogP contribution in [0.15, 0.2) is 24.3 Å². The fourth-order valence-electron chi connectivity index (χ4n) is 3.28. The zero-order valence-electron chi connectivity index (χ0n) is 13.4. The van der Waals surface area contributed by atoms with Crippen molar-refractivity contribution in [3.63, 3.8) is 0 Å². The van der Waals surface area contributed by atoms with Gasteiger partial charge in [-0.1, -0.05) is 24.6 Å². The van der Waals surface area contributed by atoms with Gasteiger partial charge in [-0.2, -0.15) is 25.9 Å². The molecule has 1 N–H and O–H groups in total. The molecule has 2 fully saturated rings. The number of hydrogen-bond donors (Lipinski definition) is 1. The predicted octanol–water partition coefficient (Wildman–Crippen LogP) is 2.66. The molecular formula is C16H19F3N2O3S. The van der Waals surface area contributed by atoms with Crippen LogP contribution in [0.1, 0.15) is 42.7 Å². The summed E-state index contributed by atoms with van der Waals surface area (Å²) >= 11 is 0. The van der Waals surface area contributed by atoms with Crippen LogP contribution in [0.2, 0.25) is 0 Å². The smallest absolute Gasteiger partial charge is 0.274 e. The molecule has 1 aromatic carbocycles. The average Bonchev–Trinajstić information content (AvgIpc) is 3.35. The van der Waals surface area contributed by atoms with Gasteiger partial charge in [-0.3, -0.25) is 4.79 Å². The number of carbonyl (C=O) groups is 1. The van der Waals surface area contributed by atoms with Crippen LogP contribution >= 0.6 is 0 Å². The second-order valence-corrected chi connectivity index (χ2v) is 8.14. The van der Waals surface area contributed by atoms with E-state index in [2.05, 4.69) is 0 Å². The molecule has 2 aliphatic rings. The van der Waals surface area contributed by atoms with E-state index in [4.69, 9.17) is 0 Å². The van der Waals surface area contributed by atoms with E-state index in [0.717, 1.165) is 25.3 Å². The van der Waals surface area contributed by atoms with Gasteiger partial charge in [0.2, 0.25) is 5.91 Å². The molecule has 5 nitrogen and oxygen atoms in total. The van der Waals surface area contributed by atoms with Gasteiger partial charge in [0.05, 0.1) is 5.56 Å². The summed E-state index contributed by atoms with van der Waals surface area (Å²) in [5.41, 5.74) is -0.722. The number of nitrogens with zero attached hydrogens (tertiary/aromatic N) is 1. The highest BCUT2D eigenvalue weighted by Crippen LogP contribution is 2.51. The third kappa shape index (κ3) is 3.98. The molecule has 1 heterocycles. The molecule has 138 valence electrons. The average molecular weight is 376 g/mol. The molecule has 0 unspecified atom stereocenters. The van der Waals surface area contributed by atoms with E-state index in [1.807, 2.05) is 4.72 Å². The number of hydrogen-bond acceptors (Lipinski definition) is 3. The van der Waals surface area contributed by atoms with Crippen LogP contribution in [0.4, 0.5) is 13.2 Å². The maximum Gasteiger partial charge on any atom is 0.416 e. The molecule has 1 aromatic rings. The van der Waals surface area contributed by atoms with Gasteiger partial charge < -0.3 is 0 Å². The number of benzene rings is 1. The lowest BCUT2D eigenvalue weighted by Crippen LogP contribution is -2.46. The summed E-state index contributed by atoms with van der Waals surface area (Å²) in [6, 6.07) is 5.11. The summed E-state index contributed by atoms with van der Waals surface area (Å²) in [5.74, 6) is -2.08. The lowest BCUT2D eigenvalue weighted by molar-refractivity contribution is -0.138. The molecule has 0 radical (unpaired) electrons. The Labute approximate surface area is 144 Å². The minimum absolute atomic E-state index is 0.0468. The number of carbonyl (C=O) groups excluding carboxylic acids is 1. The first kappa shape index (κ1) is 18.2. The van der Waals surface area contributed by atoms with Gasteiger partial charge in [-0.15, -0.1) is 0 Å². The Hall–Kier alpha value is -1.61. The highest BCUT2D eigenvalue weighted by molar-refractivity contribution is 7.87. The monoisotopic (exact) mass is 376 g/mol. The van der Waals surface area contributed by atoms with Crippen LogP contribution in [-0.2, 0) is 21.2 Å². The SMILES string of the molecule is O=C(NS(=O)(=O)N1CCCCC1)[C@H]1C[C@H]1c1ccccc1C(F)(F)F. The zero-order valence-corrected chi connectivity index (χ0v) is 14.2. The molecule has 0 aromatic heterocycles. The van der Waals surface area contributed by atoms with Gasteiger partial charge in [0.1, 0.15) is 0 Å². The standard InChI is InChI=1S/C16H19F3N2O3S/c17-16(18,19)14-7-3-2-6-11(14)12-10-13(12)15(22)20-25(23,24)21-8-4-1-5-9-21/h2-3,6-7,12-13H,1,4-5,8-10H2,(H,20,22)/t12-,13-/m0/s1. The van der Waals surface area contributed by atoms with Crippen LogP contribution in [0, 0.1) is 5.92 Å². The molecule has 1 amide bonds. The quantitative estimate of drug-likeness (QED) is 0.879. The summed E-state index contributed by atoms with van der Waals surface area (Å²) in [6.45, 7) is 0.710. The minimum Gasteiger partial charge on any atom is -0.274 e. The molecule has 0 spiro atoms. The van der Waals surface area contributed by atoms with E-state index in [1.165, 1.54) is 22.5 Å². The molecule has 1 saturated heterocycles. The van der Waals surface area contributed by atoms with Crippen LogP contribution in [-0.4, -0.2) is 31.7 Å². The lowest BCUT2D eigenvalue weighted by atomic mass is 10.0. The van der Waals surface area contributed by atoms with E-state index in [0.29, 0.717) is 13.1 Å². The van der Waals surface area contributed by atoms with Crippen molar-refractivity contribution in [1.82, 2.24) is 9.03 Å².